The second-order valence-electron chi connectivity index (χ2n) is 37.6. The van der Waals surface area contributed by atoms with Crippen molar-refractivity contribution in [3.63, 3.8) is 0 Å². The van der Waals surface area contributed by atoms with Crippen LogP contribution in [0.3, 0.4) is 0 Å². The molecule has 10 amide bonds. The number of fused-ring (bicyclic) bond motifs is 8. The van der Waals surface area contributed by atoms with Gasteiger partial charge in [-0.1, -0.05) is 122 Å². The van der Waals surface area contributed by atoms with Crippen LogP contribution in [0.15, 0.2) is 101 Å². The van der Waals surface area contributed by atoms with E-state index in [0.29, 0.717) is 108 Å². The van der Waals surface area contributed by atoms with E-state index in [1.807, 2.05) is 92.7 Å². The van der Waals surface area contributed by atoms with Crippen molar-refractivity contribution >= 4 is 80.6 Å². The average Bonchev–Trinajstić information content (AvgIpc) is 0.717. The molecule has 10 rings (SSSR count). The maximum atomic E-state index is 15.0. The number of aromatic hydroxyl groups is 1. The van der Waals surface area contributed by atoms with Gasteiger partial charge >= 0.3 is 0 Å². The monoisotopic (exact) mass is 1930 g/mol. The minimum Gasteiger partial charge on any atom is -0.508 e. The molecule has 2 fully saturated rings. The van der Waals surface area contributed by atoms with Crippen LogP contribution < -0.4 is 52.8 Å². The van der Waals surface area contributed by atoms with Gasteiger partial charge in [-0.15, -0.1) is 0 Å². The van der Waals surface area contributed by atoms with Gasteiger partial charge in [0.1, 0.15) is 42.3 Å². The Balaban J connectivity index is 0.653. The number of benzene rings is 4. The highest BCUT2D eigenvalue weighted by atomic mass is 32.2. The summed E-state index contributed by atoms with van der Waals surface area (Å²) in [6, 6.07) is 23.2. The van der Waals surface area contributed by atoms with Crippen LogP contribution in [0.25, 0.3) is 0 Å². The fourth-order valence-electron chi connectivity index (χ4n) is 20.0. The van der Waals surface area contributed by atoms with Gasteiger partial charge in [-0.05, 0) is 196 Å². The Bertz CT molecular complexity index is 4970. The van der Waals surface area contributed by atoms with E-state index in [1.165, 1.54) is 5.56 Å². The first-order valence-corrected chi connectivity index (χ1v) is 50.3. The number of para-hydroxylation sites is 1. The number of carbonyl (C=O) groups excluding carboxylic acids is 10. The Hall–Kier alpha value is -10.2. The Kier molecular flexibility index (Phi) is 43.2. The molecule has 2 unspecified atom stereocenters. The second-order valence-corrected chi connectivity index (χ2v) is 39.1. The first-order valence-electron chi connectivity index (χ1n) is 48.7. The number of nitrogens with zero attached hydrogens (tertiary/aromatic N) is 2. The lowest BCUT2D eigenvalue weighted by molar-refractivity contribution is -0.150. The van der Waals surface area contributed by atoms with Gasteiger partial charge in [0.2, 0.25) is 59.1 Å². The van der Waals surface area contributed by atoms with Gasteiger partial charge < -0.3 is 95.2 Å². The van der Waals surface area contributed by atoms with Crippen LogP contribution in [-0.2, 0) is 131 Å². The molecule has 0 radical (unpaired) electrons. The van der Waals surface area contributed by atoms with Crippen LogP contribution in [0.4, 0.5) is 11.4 Å². The number of nitrogens with one attached hydrogen (secondary N) is 10. The normalized spacial score (nSPS) is 21.7. The molecule has 0 bridgehead atoms. The summed E-state index contributed by atoms with van der Waals surface area (Å²) in [5.41, 5.74) is 14.9. The predicted molar refractivity (Wildman–Crippen MR) is 512 cm³/mol. The van der Waals surface area contributed by atoms with Crippen molar-refractivity contribution in [3.8, 4) is 17.6 Å². The summed E-state index contributed by atoms with van der Waals surface area (Å²) in [7, 11) is -4.16. The van der Waals surface area contributed by atoms with Crippen LogP contribution >= 0.6 is 0 Å². The van der Waals surface area contributed by atoms with Gasteiger partial charge in [0.05, 0.1) is 135 Å². The average molecular weight is 1930 g/mol. The zero-order valence-electron chi connectivity index (χ0n) is 80.7. The summed E-state index contributed by atoms with van der Waals surface area (Å²) >= 11 is 0. The molecule has 10 atom stereocenters. The maximum Gasteiger partial charge on any atom is 0.266 e. The number of phenolic OH excluding ortho intramolecular Hbond substituents is 1. The standard InChI is InChI=1S/C101H144N12O23S/c1-69(2)91(95(122)107-70(3)93(120)108-76-32-28-72-30-34-84-98(4,78(72)65-76)40-17-42-100(84,6)96(123)111-97(124)101(7)43-18-41-99(5)79-66-77(114)33-29-73(79)31-35-85(99)101)110-94(121)81(109-88(117)39-49-129-53-57-133-61-63-135-59-55-131-51-46-105-86(115)36-37-90(119)113-67-75-21-12-11-19-71(75)26-27-74-20-13-14-24-82(74)113)23-15-16-44-104-89(118)68-136-83-25-10-8-9-22-80(92(83)112-102)103-45-50-130-54-58-134-62-60-132-56-52-128-48-38-87(116)106-47-64-137(125,126)127/h11-14,19-21,24,28-29,32-33,65-66,69-70,81,83-85,91,102-103,114H,8-10,15-18,22-23,25,30-31,34-64,67-68H2,1-7H3,(H,104,118)(H,105,115)(H,106,116)(H,107,122)(H,108,120)(H,109,117)(H,110,121)(H,111,123,124)(H,125,126,127)/b92-80-,112-102?/t70-,81+,83?,84?,85+,91-,98+,99+,100-,101-/m0/s1. The number of aryl methyl sites for hydroxylation is 2. The number of carbonyl (C=O) groups is 10. The highest BCUT2D eigenvalue weighted by molar-refractivity contribution is 7.85. The van der Waals surface area contributed by atoms with Crippen LogP contribution in [0.5, 0.6) is 5.75 Å². The van der Waals surface area contributed by atoms with Crippen molar-refractivity contribution in [1.29, 1.82) is 5.53 Å². The van der Waals surface area contributed by atoms with Crippen molar-refractivity contribution < 1.29 is 109 Å². The molecule has 5 aliphatic carbocycles. The maximum absolute atomic E-state index is 15.0. The van der Waals surface area contributed by atoms with E-state index >= 15 is 0 Å². The summed E-state index contributed by atoms with van der Waals surface area (Å²) in [6.45, 7) is 18.0. The second kappa shape index (κ2) is 54.4. The Labute approximate surface area is 805 Å². The van der Waals surface area contributed by atoms with Gasteiger partial charge in [0, 0.05) is 74.4 Å². The van der Waals surface area contributed by atoms with Crippen LogP contribution in [0, 0.1) is 46.0 Å². The molecule has 0 spiro atoms. The molecule has 36 heteroatoms. The third-order valence-corrected chi connectivity index (χ3v) is 28.1. The van der Waals surface area contributed by atoms with Gasteiger partial charge in [-0.2, -0.15) is 13.5 Å². The largest absolute Gasteiger partial charge is 0.508 e. The van der Waals surface area contributed by atoms with Crippen molar-refractivity contribution in [2.75, 3.05) is 154 Å². The number of amides is 10. The summed E-state index contributed by atoms with van der Waals surface area (Å²) < 4.78 is 81.4. The van der Waals surface area contributed by atoms with Crippen molar-refractivity contribution in [2.24, 2.45) is 33.7 Å². The lowest BCUT2D eigenvalue weighted by atomic mass is 9.49. The fourth-order valence-corrected chi connectivity index (χ4v) is 20.3. The predicted octanol–water partition coefficient (Wildman–Crippen LogP) is 9.05. The van der Waals surface area contributed by atoms with E-state index < -0.39 is 97.7 Å². The highest BCUT2D eigenvalue weighted by Gasteiger charge is 2.59. The number of hydrogen-bond donors (Lipinski definition) is 12. The molecule has 4 aromatic carbocycles. The van der Waals surface area contributed by atoms with E-state index in [1.54, 1.807) is 31.7 Å². The summed E-state index contributed by atoms with van der Waals surface area (Å²) in [6.07, 6.45) is 11.3. The SMILES string of the molecule is CC(C)[C@H](NC(=O)[C@@H](CCCCNC(=O)COC1CCCCC/C(NCCOCCOCCOCCOCCC(=O)NCCS(=O)(=O)O)=C\1N=N)NC(=O)CCOCCOCCOCCOCCNC(=O)CCC(=O)N1Cc2ccccc2C#Cc2ccccc21)C(=O)N[C@@H](C)C(=O)Nc1ccc2c(c1)[C@@]1(C)CCC[C@](C)(C(=O)NC(=O)[C@@]3(C)CCC[C@]4(C)c5cc(O)ccc5CC[C@@H]34)C1CC2. The van der Waals surface area contributed by atoms with Crippen LogP contribution in [0.2, 0.25) is 0 Å². The zero-order valence-corrected chi connectivity index (χ0v) is 81.5. The first kappa shape index (κ1) is 109. The molecule has 6 aliphatic rings. The Morgan fingerprint density at radius 2 is 1.06 bits per heavy atom. The number of allylic oxidation sites excluding steroid dienone is 1. The van der Waals surface area contributed by atoms with Gasteiger partial charge in [0.15, 0.2) is 0 Å². The van der Waals surface area contributed by atoms with E-state index in [-0.39, 0.29) is 178 Å². The van der Waals surface area contributed by atoms with E-state index in [9.17, 15) is 61.5 Å². The van der Waals surface area contributed by atoms with Gasteiger partial charge in [-0.3, -0.25) is 57.8 Å². The first-order chi connectivity index (χ1) is 65.8. The number of imide groups is 1. The van der Waals surface area contributed by atoms with Crippen molar-refractivity contribution in [3.05, 3.63) is 135 Å². The number of phenols is 1. The smallest absolute Gasteiger partial charge is 0.266 e. The minimum atomic E-state index is -4.16. The lowest BCUT2D eigenvalue weighted by Gasteiger charge is -2.56. The summed E-state index contributed by atoms with van der Waals surface area (Å²) in [4.78, 5) is 140. The summed E-state index contributed by atoms with van der Waals surface area (Å²) in [5, 5.41) is 40.5. The van der Waals surface area contributed by atoms with Crippen molar-refractivity contribution in [1.82, 2.24) is 42.5 Å². The fraction of sp³-hybridized carbons (Fsp3) is 0.624. The molecule has 1 heterocycles. The molecule has 4 aromatic rings. The quantitative estimate of drug-likeness (QED) is 0.00644. The van der Waals surface area contributed by atoms with Crippen LogP contribution in [-0.4, -0.2) is 246 Å². The number of ether oxygens (including phenoxy) is 9. The van der Waals surface area contributed by atoms with E-state index in [2.05, 4.69) is 78.7 Å². The topological polar surface area (TPSA) is 476 Å². The van der Waals surface area contributed by atoms with E-state index in [4.69, 9.17) is 52.7 Å². The molecular formula is C101H144N12O23S. The number of unbranched alkanes of at least 4 members (excludes halogenated alkanes) is 1. The molecule has 1 aliphatic heterocycles. The highest BCUT2D eigenvalue weighted by Crippen LogP contribution is 2.60. The summed E-state index contributed by atoms with van der Waals surface area (Å²) in [5.74, 6) is 1.32. The van der Waals surface area contributed by atoms with E-state index in [0.717, 1.165) is 103 Å². The Morgan fingerprint density at radius 1 is 0.518 bits per heavy atom. The number of hydrogen-bond acceptors (Lipinski definition) is 25. The Morgan fingerprint density at radius 3 is 1.67 bits per heavy atom. The van der Waals surface area contributed by atoms with Gasteiger partial charge in [0.25, 0.3) is 10.1 Å². The minimum absolute atomic E-state index is 0.0107. The molecule has 0 aromatic heterocycles. The van der Waals surface area contributed by atoms with Gasteiger partial charge in [-0.25, -0.2) is 5.53 Å². The molecule has 137 heavy (non-hydrogen) atoms. The molecule has 0 saturated heterocycles. The zero-order chi connectivity index (χ0) is 98.4. The third kappa shape index (κ3) is 32.5. The van der Waals surface area contributed by atoms with Crippen LogP contribution in [0.1, 0.15) is 216 Å². The number of rotatable bonds is 56. The lowest BCUT2D eigenvalue weighted by Crippen LogP contribution is -2.60. The number of anilines is 2. The van der Waals surface area contributed by atoms with Crippen molar-refractivity contribution in [2.45, 2.75) is 231 Å². The third-order valence-electron chi connectivity index (χ3n) is 27.4. The molecule has 12 N–H and O–H groups in total. The molecule has 2 saturated carbocycles. The molecular weight excluding hydrogens is 1780 g/mol. The molecule has 35 nitrogen and oxygen atoms in total. The molecule has 752 valence electrons.